The van der Waals surface area contributed by atoms with E-state index in [1.54, 1.807) is 18.8 Å². The molecule has 0 spiro atoms. The third-order valence-corrected chi connectivity index (χ3v) is 3.07. The van der Waals surface area contributed by atoms with Crippen molar-refractivity contribution in [3.8, 4) is 0 Å². The maximum atomic E-state index is 4.01. The molecule has 1 nitrogen and oxygen atoms in total. The van der Waals surface area contributed by atoms with Crippen molar-refractivity contribution in [2.45, 2.75) is 25.5 Å². The minimum absolute atomic E-state index is 0.601. The van der Waals surface area contributed by atoms with Crippen LogP contribution in [0.2, 0.25) is 0 Å². The number of hydrogen-bond acceptors (Lipinski definition) is 2. The highest BCUT2D eigenvalue weighted by Gasteiger charge is 2.01. The van der Waals surface area contributed by atoms with Crippen LogP contribution in [0.4, 0.5) is 0 Å². The lowest BCUT2D eigenvalue weighted by Gasteiger charge is -2.05. The Bertz CT molecular complexity index is 154. The van der Waals surface area contributed by atoms with E-state index < -0.39 is 0 Å². The summed E-state index contributed by atoms with van der Waals surface area (Å²) in [5, 5.41) is 0.601. The maximum absolute atomic E-state index is 4.01. The number of thioether (sulfide) groups is 1. The molecule has 0 N–H and O–H groups in total. The zero-order valence-corrected chi connectivity index (χ0v) is 9.58. The topological polar surface area (TPSA) is 12.4 Å². The summed E-state index contributed by atoms with van der Waals surface area (Å²) < 4.78 is 0.981. The molecular formula is C8H14BrNS. The van der Waals surface area contributed by atoms with E-state index in [0.29, 0.717) is 5.25 Å². The highest BCUT2D eigenvalue weighted by atomic mass is 79.9. The fourth-order valence-electron chi connectivity index (χ4n) is 0.595. The van der Waals surface area contributed by atoms with Crippen LogP contribution in [0.25, 0.3) is 0 Å². The third kappa shape index (κ3) is 6.63. The van der Waals surface area contributed by atoms with Crippen molar-refractivity contribution in [3.05, 3.63) is 12.2 Å². The van der Waals surface area contributed by atoms with Gasteiger partial charge in [0.15, 0.2) is 0 Å². The minimum Gasteiger partial charge on any atom is -0.275 e. The molecule has 0 aliphatic heterocycles. The molecule has 0 aromatic rings. The van der Waals surface area contributed by atoms with Gasteiger partial charge in [0.25, 0.3) is 0 Å². The average Bonchev–Trinajstić information content (AvgIpc) is 2.00. The maximum Gasteiger partial charge on any atom is 0.134 e. The molecule has 0 aromatic carbocycles. The van der Waals surface area contributed by atoms with E-state index in [9.17, 15) is 0 Å². The molecule has 0 radical (unpaired) electrons. The quantitative estimate of drug-likeness (QED) is 0.415. The smallest absolute Gasteiger partial charge is 0.134 e. The van der Waals surface area contributed by atoms with Gasteiger partial charge in [-0.15, -0.1) is 0 Å². The van der Waals surface area contributed by atoms with E-state index in [1.807, 2.05) is 6.92 Å². The van der Waals surface area contributed by atoms with E-state index in [-0.39, 0.29) is 0 Å². The number of hydrogen-bond donors (Lipinski definition) is 0. The molecule has 64 valence electrons. The molecular weight excluding hydrogens is 222 g/mol. The first-order valence-electron chi connectivity index (χ1n) is 3.60. The zero-order valence-electron chi connectivity index (χ0n) is 7.17. The lowest BCUT2D eigenvalue weighted by Crippen LogP contribution is -1.95. The standard InChI is InChI=1S/C8H14BrNS/c1-4-5-6-7(2)11-8(9)10-3/h4-5,7H,6H2,1-3H3/b5-4-,10-8-. The summed E-state index contributed by atoms with van der Waals surface area (Å²) in [4.78, 5) is 4.01. The molecule has 1 unspecified atom stereocenters. The van der Waals surface area contributed by atoms with E-state index in [1.165, 1.54) is 0 Å². The van der Waals surface area contributed by atoms with Gasteiger partial charge in [-0.05, 0) is 29.3 Å². The van der Waals surface area contributed by atoms with E-state index in [2.05, 4.69) is 40.0 Å². The Morgan fingerprint density at radius 1 is 1.73 bits per heavy atom. The van der Waals surface area contributed by atoms with Gasteiger partial charge in [0.2, 0.25) is 0 Å². The summed E-state index contributed by atoms with van der Waals surface area (Å²) in [5.74, 6) is 0. The minimum atomic E-state index is 0.601. The summed E-state index contributed by atoms with van der Waals surface area (Å²) in [5.41, 5.74) is 0. The fraction of sp³-hybridized carbons (Fsp3) is 0.625. The van der Waals surface area contributed by atoms with Gasteiger partial charge in [0.1, 0.15) is 3.95 Å². The summed E-state index contributed by atoms with van der Waals surface area (Å²) in [6.45, 7) is 4.23. The van der Waals surface area contributed by atoms with Gasteiger partial charge >= 0.3 is 0 Å². The number of halogens is 1. The lowest BCUT2D eigenvalue weighted by molar-refractivity contribution is 0.985. The van der Waals surface area contributed by atoms with Gasteiger partial charge in [-0.1, -0.05) is 30.8 Å². The zero-order chi connectivity index (χ0) is 8.69. The highest BCUT2D eigenvalue weighted by Crippen LogP contribution is 2.19. The van der Waals surface area contributed by atoms with Crippen LogP contribution < -0.4 is 0 Å². The van der Waals surface area contributed by atoms with Crippen molar-refractivity contribution in [3.63, 3.8) is 0 Å². The molecule has 0 saturated carbocycles. The van der Waals surface area contributed by atoms with Crippen molar-refractivity contribution >= 4 is 31.6 Å². The number of nitrogens with zero attached hydrogens (tertiary/aromatic N) is 1. The molecule has 0 aliphatic carbocycles. The Morgan fingerprint density at radius 2 is 2.36 bits per heavy atom. The van der Waals surface area contributed by atoms with Gasteiger partial charge in [0, 0.05) is 12.3 Å². The van der Waals surface area contributed by atoms with Gasteiger partial charge in [-0.25, -0.2) is 0 Å². The Balaban J connectivity index is 3.60. The van der Waals surface area contributed by atoms with Crippen LogP contribution in [0.5, 0.6) is 0 Å². The summed E-state index contributed by atoms with van der Waals surface area (Å²) in [7, 11) is 1.79. The van der Waals surface area contributed by atoms with Crippen molar-refractivity contribution in [1.29, 1.82) is 0 Å². The summed E-state index contributed by atoms with van der Waals surface area (Å²) >= 11 is 5.11. The number of aliphatic imine (C=N–C) groups is 1. The van der Waals surface area contributed by atoms with Crippen molar-refractivity contribution < 1.29 is 0 Å². The highest BCUT2D eigenvalue weighted by molar-refractivity contribution is 9.22. The van der Waals surface area contributed by atoms with Crippen LogP contribution in [0, 0.1) is 0 Å². The Kier molecular flexibility index (Phi) is 7.07. The Hall–Kier alpha value is 0.240. The second-order valence-corrected chi connectivity index (χ2v) is 4.91. The Morgan fingerprint density at radius 3 is 2.82 bits per heavy atom. The lowest BCUT2D eigenvalue weighted by atomic mass is 10.3. The molecule has 0 amide bonds. The second kappa shape index (κ2) is 6.92. The molecule has 0 fully saturated rings. The van der Waals surface area contributed by atoms with Crippen molar-refractivity contribution in [2.24, 2.45) is 4.99 Å². The fourth-order valence-corrected chi connectivity index (χ4v) is 2.20. The van der Waals surface area contributed by atoms with Crippen LogP contribution >= 0.6 is 27.7 Å². The first-order valence-corrected chi connectivity index (χ1v) is 5.28. The second-order valence-electron chi connectivity index (χ2n) is 2.21. The monoisotopic (exact) mass is 235 g/mol. The van der Waals surface area contributed by atoms with E-state index in [4.69, 9.17) is 0 Å². The predicted octanol–water partition coefficient (Wildman–Crippen LogP) is 3.46. The SMILES string of the molecule is C/C=C\CC(C)S/C(Br)=N\C. The third-order valence-electron chi connectivity index (χ3n) is 1.18. The molecule has 11 heavy (non-hydrogen) atoms. The summed E-state index contributed by atoms with van der Waals surface area (Å²) in [6, 6.07) is 0. The first kappa shape index (κ1) is 11.2. The van der Waals surface area contributed by atoms with Crippen LogP contribution in [0.3, 0.4) is 0 Å². The normalized spacial score (nSPS) is 15.8. The van der Waals surface area contributed by atoms with Crippen LogP contribution in [-0.4, -0.2) is 16.3 Å². The number of allylic oxidation sites excluding steroid dienone is 2. The predicted molar refractivity (Wildman–Crippen MR) is 58.8 cm³/mol. The molecule has 0 heterocycles. The number of rotatable bonds is 3. The molecule has 0 aliphatic rings. The van der Waals surface area contributed by atoms with Crippen LogP contribution in [-0.2, 0) is 0 Å². The molecule has 3 heteroatoms. The average molecular weight is 236 g/mol. The van der Waals surface area contributed by atoms with Gasteiger partial charge in [-0.2, -0.15) is 0 Å². The first-order chi connectivity index (χ1) is 5.20. The molecule has 0 aromatic heterocycles. The van der Waals surface area contributed by atoms with Crippen molar-refractivity contribution in [1.82, 2.24) is 0 Å². The molecule has 0 rings (SSSR count). The van der Waals surface area contributed by atoms with Crippen LogP contribution in [0.1, 0.15) is 20.3 Å². The summed E-state index contributed by atoms with van der Waals surface area (Å²) in [6.07, 6.45) is 5.35. The van der Waals surface area contributed by atoms with Crippen LogP contribution in [0.15, 0.2) is 17.1 Å². The molecule has 0 saturated heterocycles. The van der Waals surface area contributed by atoms with Crippen molar-refractivity contribution in [2.75, 3.05) is 7.05 Å². The van der Waals surface area contributed by atoms with E-state index in [0.717, 1.165) is 10.4 Å². The van der Waals surface area contributed by atoms with Gasteiger partial charge in [0.05, 0.1) is 0 Å². The van der Waals surface area contributed by atoms with E-state index >= 15 is 0 Å². The Labute approximate surface area is 81.5 Å². The molecule has 1 atom stereocenters. The van der Waals surface area contributed by atoms with Gasteiger partial charge < -0.3 is 0 Å². The molecule has 0 bridgehead atoms. The van der Waals surface area contributed by atoms with Gasteiger partial charge in [-0.3, -0.25) is 4.99 Å². The largest absolute Gasteiger partial charge is 0.275 e.